The number of pyridine rings is 1. The molecule has 20 heavy (non-hydrogen) atoms. The zero-order chi connectivity index (χ0) is 14.4. The number of rotatable bonds is 6. The number of carbonyl (C=O) groups is 1. The number of aromatic carboxylic acids is 1. The lowest BCUT2D eigenvalue weighted by molar-refractivity contribution is 0.0696. The minimum Gasteiger partial charge on any atom is -0.478 e. The zero-order valence-electron chi connectivity index (χ0n) is 10.8. The van der Waals surface area contributed by atoms with E-state index in [2.05, 4.69) is 4.98 Å². The Morgan fingerprint density at radius 3 is 2.85 bits per heavy atom. The normalized spacial score (nSPS) is 10.4. The summed E-state index contributed by atoms with van der Waals surface area (Å²) in [6.07, 6.45) is 2.33. The van der Waals surface area contributed by atoms with Gasteiger partial charge in [-0.15, -0.1) is 0 Å². The van der Waals surface area contributed by atoms with Crippen LogP contribution in [0.2, 0.25) is 0 Å². The predicted octanol–water partition coefficient (Wildman–Crippen LogP) is 2.68. The van der Waals surface area contributed by atoms with Crippen molar-refractivity contribution in [3.63, 3.8) is 0 Å². The van der Waals surface area contributed by atoms with Crippen molar-refractivity contribution in [3.8, 4) is 0 Å². The molecule has 0 atom stereocenters. The third-order valence-corrected chi connectivity index (χ3v) is 2.78. The number of ether oxygens (including phenoxy) is 1. The lowest BCUT2D eigenvalue weighted by Crippen LogP contribution is -2.04. The van der Waals surface area contributed by atoms with Crippen LogP contribution in [0.3, 0.4) is 0 Å². The number of hydrogen-bond acceptors (Lipinski definition) is 3. The SMILES string of the molecule is O=C(O)c1ccc(F)c(COCCc2ccccn2)c1. The molecule has 5 heteroatoms. The Labute approximate surface area is 115 Å². The molecule has 0 unspecified atom stereocenters. The summed E-state index contributed by atoms with van der Waals surface area (Å²) < 4.78 is 18.9. The van der Waals surface area contributed by atoms with Crippen LogP contribution in [-0.2, 0) is 17.8 Å². The molecule has 0 amide bonds. The summed E-state index contributed by atoms with van der Waals surface area (Å²) in [6.45, 7) is 0.438. The van der Waals surface area contributed by atoms with Crippen LogP contribution in [0.25, 0.3) is 0 Å². The van der Waals surface area contributed by atoms with E-state index >= 15 is 0 Å². The van der Waals surface area contributed by atoms with E-state index in [1.54, 1.807) is 6.20 Å². The average Bonchev–Trinajstić information content (AvgIpc) is 2.46. The van der Waals surface area contributed by atoms with Crippen molar-refractivity contribution in [1.29, 1.82) is 0 Å². The summed E-state index contributed by atoms with van der Waals surface area (Å²) in [6, 6.07) is 9.26. The lowest BCUT2D eigenvalue weighted by atomic mass is 10.1. The van der Waals surface area contributed by atoms with Gasteiger partial charge in [0.15, 0.2) is 0 Å². The van der Waals surface area contributed by atoms with Gasteiger partial charge in [0.1, 0.15) is 5.82 Å². The van der Waals surface area contributed by atoms with E-state index in [1.807, 2.05) is 18.2 Å². The van der Waals surface area contributed by atoms with Crippen LogP contribution in [0, 0.1) is 5.82 Å². The van der Waals surface area contributed by atoms with Gasteiger partial charge in [-0.3, -0.25) is 4.98 Å². The van der Waals surface area contributed by atoms with Crippen molar-refractivity contribution >= 4 is 5.97 Å². The number of benzene rings is 1. The van der Waals surface area contributed by atoms with Crippen LogP contribution < -0.4 is 0 Å². The maximum atomic E-state index is 13.5. The third kappa shape index (κ3) is 3.86. The molecule has 0 fully saturated rings. The van der Waals surface area contributed by atoms with Gasteiger partial charge in [-0.2, -0.15) is 0 Å². The maximum Gasteiger partial charge on any atom is 0.335 e. The highest BCUT2D eigenvalue weighted by atomic mass is 19.1. The summed E-state index contributed by atoms with van der Waals surface area (Å²) in [7, 11) is 0. The molecule has 0 aliphatic carbocycles. The molecule has 0 bridgehead atoms. The van der Waals surface area contributed by atoms with E-state index in [9.17, 15) is 9.18 Å². The number of hydrogen-bond donors (Lipinski definition) is 1. The van der Waals surface area contributed by atoms with E-state index in [-0.39, 0.29) is 17.7 Å². The second-order valence-electron chi connectivity index (χ2n) is 4.24. The molecule has 2 rings (SSSR count). The van der Waals surface area contributed by atoms with E-state index in [0.717, 1.165) is 11.8 Å². The highest BCUT2D eigenvalue weighted by molar-refractivity contribution is 5.87. The molecular formula is C15H14FNO3. The van der Waals surface area contributed by atoms with E-state index in [4.69, 9.17) is 9.84 Å². The number of carboxylic acids is 1. The van der Waals surface area contributed by atoms with Gasteiger partial charge in [-0.1, -0.05) is 6.07 Å². The molecule has 0 saturated heterocycles. The van der Waals surface area contributed by atoms with Crippen LogP contribution in [0.15, 0.2) is 42.6 Å². The van der Waals surface area contributed by atoms with Gasteiger partial charge in [-0.25, -0.2) is 9.18 Å². The summed E-state index contributed by atoms with van der Waals surface area (Å²) in [4.78, 5) is 15.0. The predicted molar refractivity (Wildman–Crippen MR) is 71.0 cm³/mol. The van der Waals surface area contributed by atoms with E-state index in [0.29, 0.717) is 13.0 Å². The van der Waals surface area contributed by atoms with E-state index in [1.165, 1.54) is 12.1 Å². The molecule has 0 saturated carbocycles. The van der Waals surface area contributed by atoms with Crippen LogP contribution >= 0.6 is 0 Å². The second-order valence-corrected chi connectivity index (χ2v) is 4.24. The summed E-state index contributed by atoms with van der Waals surface area (Å²) >= 11 is 0. The number of carboxylic acid groups (broad SMARTS) is 1. The van der Waals surface area contributed by atoms with Crippen molar-refractivity contribution in [2.45, 2.75) is 13.0 Å². The molecule has 0 aliphatic rings. The Balaban J connectivity index is 1.88. The van der Waals surface area contributed by atoms with Crippen LogP contribution in [-0.4, -0.2) is 22.7 Å². The summed E-state index contributed by atoms with van der Waals surface area (Å²) in [5.74, 6) is -1.55. The zero-order valence-corrected chi connectivity index (χ0v) is 10.8. The Morgan fingerprint density at radius 2 is 2.15 bits per heavy atom. The molecule has 4 nitrogen and oxygen atoms in total. The van der Waals surface area contributed by atoms with Crippen LogP contribution in [0.4, 0.5) is 4.39 Å². The fourth-order valence-electron chi connectivity index (χ4n) is 1.72. The van der Waals surface area contributed by atoms with Gasteiger partial charge in [-0.05, 0) is 30.3 Å². The first kappa shape index (κ1) is 14.1. The fourth-order valence-corrected chi connectivity index (χ4v) is 1.72. The molecule has 0 spiro atoms. The molecule has 1 heterocycles. The Bertz CT molecular complexity index is 587. The molecule has 0 radical (unpaired) electrons. The Morgan fingerprint density at radius 1 is 1.30 bits per heavy atom. The van der Waals surface area contributed by atoms with Crippen molar-refractivity contribution < 1.29 is 19.0 Å². The first-order valence-corrected chi connectivity index (χ1v) is 6.16. The van der Waals surface area contributed by atoms with Crippen LogP contribution in [0.5, 0.6) is 0 Å². The highest BCUT2D eigenvalue weighted by Gasteiger charge is 2.08. The summed E-state index contributed by atoms with van der Waals surface area (Å²) in [5.41, 5.74) is 1.19. The molecular weight excluding hydrogens is 261 g/mol. The van der Waals surface area contributed by atoms with Gasteiger partial charge >= 0.3 is 5.97 Å². The van der Waals surface area contributed by atoms with Crippen molar-refractivity contribution in [1.82, 2.24) is 4.98 Å². The van der Waals surface area contributed by atoms with Gasteiger partial charge in [0.05, 0.1) is 18.8 Å². The second kappa shape index (κ2) is 6.77. The van der Waals surface area contributed by atoms with Gasteiger partial charge in [0.2, 0.25) is 0 Å². The van der Waals surface area contributed by atoms with Gasteiger partial charge < -0.3 is 9.84 Å². The largest absolute Gasteiger partial charge is 0.478 e. The average molecular weight is 275 g/mol. The molecule has 1 aromatic carbocycles. The topological polar surface area (TPSA) is 59.4 Å². The number of aromatic nitrogens is 1. The number of halogens is 1. The molecule has 104 valence electrons. The van der Waals surface area contributed by atoms with Gasteiger partial charge in [0.25, 0.3) is 0 Å². The lowest BCUT2D eigenvalue weighted by Gasteiger charge is -2.06. The number of nitrogens with zero attached hydrogens (tertiary/aromatic N) is 1. The molecule has 0 aliphatic heterocycles. The van der Waals surface area contributed by atoms with Crippen molar-refractivity contribution in [3.05, 3.63) is 65.2 Å². The Kier molecular flexibility index (Phi) is 4.79. The Hall–Kier alpha value is -2.27. The fraction of sp³-hybridized carbons (Fsp3) is 0.200. The van der Waals surface area contributed by atoms with Crippen molar-refractivity contribution in [2.75, 3.05) is 6.61 Å². The first-order valence-electron chi connectivity index (χ1n) is 6.16. The molecule has 2 aromatic rings. The van der Waals surface area contributed by atoms with Crippen LogP contribution in [0.1, 0.15) is 21.6 Å². The monoisotopic (exact) mass is 275 g/mol. The maximum absolute atomic E-state index is 13.5. The minimum atomic E-state index is -1.08. The molecule has 1 aromatic heterocycles. The third-order valence-electron chi connectivity index (χ3n) is 2.78. The minimum absolute atomic E-state index is 0.0415. The standard InChI is InChI=1S/C15H14FNO3/c16-14-5-4-11(15(18)19)9-12(14)10-20-8-6-13-3-1-2-7-17-13/h1-5,7,9H,6,8,10H2,(H,18,19). The van der Waals surface area contributed by atoms with Gasteiger partial charge in [0, 0.05) is 23.9 Å². The van der Waals surface area contributed by atoms with Crippen molar-refractivity contribution in [2.24, 2.45) is 0 Å². The van der Waals surface area contributed by atoms with E-state index < -0.39 is 11.8 Å². The first-order chi connectivity index (χ1) is 9.66. The quantitative estimate of drug-likeness (QED) is 0.823. The highest BCUT2D eigenvalue weighted by Crippen LogP contribution is 2.12. The smallest absolute Gasteiger partial charge is 0.335 e. The summed E-state index contributed by atoms with van der Waals surface area (Å²) in [5, 5.41) is 8.85. The molecule has 1 N–H and O–H groups in total.